The van der Waals surface area contributed by atoms with E-state index in [9.17, 15) is 14.4 Å². The van der Waals surface area contributed by atoms with Crippen LogP contribution < -0.4 is 15.8 Å². The first-order valence-corrected chi connectivity index (χ1v) is 10.4. The van der Waals surface area contributed by atoms with E-state index in [0.29, 0.717) is 29.6 Å². The maximum absolute atomic E-state index is 12.8. The minimum absolute atomic E-state index is 0.0172. The van der Waals surface area contributed by atoms with Gasteiger partial charge in [0.15, 0.2) is 0 Å². The van der Waals surface area contributed by atoms with Gasteiger partial charge in [-0.25, -0.2) is 5.10 Å². The van der Waals surface area contributed by atoms with Gasteiger partial charge in [0.05, 0.1) is 17.5 Å². The fourth-order valence-corrected chi connectivity index (χ4v) is 3.91. The van der Waals surface area contributed by atoms with E-state index in [1.54, 1.807) is 36.1 Å². The second-order valence-electron chi connectivity index (χ2n) is 7.66. The lowest BCUT2D eigenvalue weighted by molar-refractivity contribution is -0.136. The van der Waals surface area contributed by atoms with Crippen LogP contribution in [0.5, 0.6) is 0 Å². The number of rotatable bonds is 5. The SMILES string of the molecule is CC(NC(=O)Cc1n[nH]c(=O)c2ccccc12)C(=O)N1CCN(c2ccccc2)CC1. The third kappa shape index (κ3) is 4.58. The second kappa shape index (κ2) is 8.99. The van der Waals surface area contributed by atoms with Gasteiger partial charge in [0.2, 0.25) is 11.8 Å². The van der Waals surface area contributed by atoms with Crippen LogP contribution in [-0.4, -0.2) is 59.1 Å². The van der Waals surface area contributed by atoms with Crippen molar-refractivity contribution in [2.45, 2.75) is 19.4 Å². The van der Waals surface area contributed by atoms with Gasteiger partial charge in [0.25, 0.3) is 5.56 Å². The minimum atomic E-state index is -0.634. The predicted molar refractivity (Wildman–Crippen MR) is 119 cm³/mol. The third-order valence-electron chi connectivity index (χ3n) is 5.56. The summed E-state index contributed by atoms with van der Waals surface area (Å²) in [4.78, 5) is 41.3. The fourth-order valence-electron chi connectivity index (χ4n) is 3.91. The van der Waals surface area contributed by atoms with Crippen LogP contribution in [0.15, 0.2) is 59.4 Å². The number of fused-ring (bicyclic) bond motifs is 1. The first-order chi connectivity index (χ1) is 15.0. The Labute approximate surface area is 179 Å². The molecule has 1 atom stereocenters. The highest BCUT2D eigenvalue weighted by molar-refractivity contribution is 5.91. The molecule has 0 bridgehead atoms. The number of carbonyl (C=O) groups excluding carboxylic acids is 2. The van der Waals surface area contributed by atoms with E-state index in [1.807, 2.05) is 18.2 Å². The van der Waals surface area contributed by atoms with Crippen molar-refractivity contribution in [3.05, 3.63) is 70.6 Å². The van der Waals surface area contributed by atoms with Crippen molar-refractivity contribution in [3.63, 3.8) is 0 Å². The number of benzene rings is 2. The van der Waals surface area contributed by atoms with Crippen LogP contribution in [0.25, 0.3) is 10.8 Å². The quantitative estimate of drug-likeness (QED) is 0.650. The summed E-state index contributed by atoms with van der Waals surface area (Å²) in [6, 6.07) is 16.5. The summed E-state index contributed by atoms with van der Waals surface area (Å²) >= 11 is 0. The maximum atomic E-state index is 12.8. The van der Waals surface area contributed by atoms with Crippen molar-refractivity contribution in [2.75, 3.05) is 31.1 Å². The number of nitrogens with one attached hydrogen (secondary N) is 2. The molecule has 31 heavy (non-hydrogen) atoms. The molecule has 1 aliphatic heterocycles. The van der Waals surface area contributed by atoms with Gasteiger partial charge in [-0.1, -0.05) is 36.4 Å². The number of nitrogens with zero attached hydrogens (tertiary/aromatic N) is 3. The molecule has 1 fully saturated rings. The molecule has 2 aromatic carbocycles. The molecule has 0 saturated carbocycles. The number of amides is 2. The zero-order valence-corrected chi connectivity index (χ0v) is 17.4. The fraction of sp³-hybridized carbons (Fsp3) is 0.304. The maximum Gasteiger partial charge on any atom is 0.272 e. The van der Waals surface area contributed by atoms with Gasteiger partial charge in [-0.15, -0.1) is 0 Å². The minimum Gasteiger partial charge on any atom is -0.368 e. The molecular weight excluding hydrogens is 394 g/mol. The molecule has 1 saturated heterocycles. The predicted octanol–water partition coefficient (Wildman–Crippen LogP) is 1.32. The van der Waals surface area contributed by atoms with Gasteiger partial charge in [-0.05, 0) is 25.1 Å². The van der Waals surface area contributed by atoms with Crippen molar-refractivity contribution in [2.24, 2.45) is 0 Å². The number of piperazine rings is 1. The molecule has 160 valence electrons. The van der Waals surface area contributed by atoms with Gasteiger partial charge in [-0.3, -0.25) is 14.4 Å². The van der Waals surface area contributed by atoms with E-state index in [-0.39, 0.29) is 23.8 Å². The van der Waals surface area contributed by atoms with Crippen LogP contribution in [0.4, 0.5) is 5.69 Å². The highest BCUT2D eigenvalue weighted by Gasteiger charge is 2.26. The first-order valence-electron chi connectivity index (χ1n) is 10.4. The number of hydrogen-bond donors (Lipinski definition) is 2. The summed E-state index contributed by atoms with van der Waals surface area (Å²) in [6.07, 6.45) is -0.0172. The van der Waals surface area contributed by atoms with Crippen molar-refractivity contribution in [1.29, 1.82) is 0 Å². The van der Waals surface area contributed by atoms with E-state index >= 15 is 0 Å². The molecule has 1 aliphatic rings. The molecule has 2 heterocycles. The zero-order valence-electron chi connectivity index (χ0n) is 17.4. The lowest BCUT2D eigenvalue weighted by Crippen LogP contribution is -2.54. The van der Waals surface area contributed by atoms with Crippen LogP contribution in [0.1, 0.15) is 12.6 Å². The van der Waals surface area contributed by atoms with Gasteiger partial charge in [0, 0.05) is 37.3 Å². The Morgan fingerprint density at radius 3 is 2.35 bits per heavy atom. The molecule has 3 aromatic rings. The Morgan fingerprint density at radius 2 is 1.65 bits per heavy atom. The molecular formula is C23H25N5O3. The van der Waals surface area contributed by atoms with Crippen molar-refractivity contribution < 1.29 is 9.59 Å². The van der Waals surface area contributed by atoms with Gasteiger partial charge >= 0.3 is 0 Å². The van der Waals surface area contributed by atoms with Gasteiger partial charge in [-0.2, -0.15) is 5.10 Å². The summed E-state index contributed by atoms with van der Waals surface area (Å²) in [7, 11) is 0. The van der Waals surface area contributed by atoms with E-state index in [1.165, 1.54) is 0 Å². The largest absolute Gasteiger partial charge is 0.368 e. The van der Waals surface area contributed by atoms with Crippen molar-refractivity contribution >= 4 is 28.3 Å². The number of anilines is 1. The molecule has 2 amide bonds. The summed E-state index contributed by atoms with van der Waals surface area (Å²) in [6.45, 7) is 4.43. The molecule has 2 N–H and O–H groups in total. The number of aromatic amines is 1. The average molecular weight is 419 g/mol. The van der Waals surface area contributed by atoms with Gasteiger partial charge in [0.1, 0.15) is 6.04 Å². The van der Waals surface area contributed by atoms with Crippen LogP contribution in [-0.2, 0) is 16.0 Å². The molecule has 4 rings (SSSR count). The standard InChI is InChI=1S/C23H25N5O3/c1-16(23(31)28-13-11-27(12-14-28)17-7-3-2-4-8-17)24-21(29)15-20-18-9-5-6-10-19(18)22(30)26-25-20/h2-10,16H,11-15H2,1H3,(H,24,29)(H,26,30). The number of aromatic nitrogens is 2. The van der Waals surface area contributed by atoms with Crippen molar-refractivity contribution in [1.82, 2.24) is 20.4 Å². The summed E-state index contributed by atoms with van der Waals surface area (Å²) < 4.78 is 0. The molecule has 1 aromatic heterocycles. The highest BCUT2D eigenvalue weighted by Crippen LogP contribution is 2.16. The first kappa shape index (κ1) is 20.6. The average Bonchev–Trinajstić information content (AvgIpc) is 2.81. The summed E-state index contributed by atoms with van der Waals surface area (Å²) in [5.74, 6) is -0.408. The molecule has 0 aliphatic carbocycles. The Kier molecular flexibility index (Phi) is 5.97. The van der Waals surface area contributed by atoms with Crippen LogP contribution in [0, 0.1) is 0 Å². The molecule has 0 spiro atoms. The summed E-state index contributed by atoms with van der Waals surface area (Å²) in [5.41, 5.74) is 1.33. The Bertz CT molecular complexity index is 1140. The highest BCUT2D eigenvalue weighted by atomic mass is 16.2. The Hall–Kier alpha value is -3.68. The Morgan fingerprint density at radius 1 is 1.00 bits per heavy atom. The normalized spacial score (nSPS) is 15.0. The number of H-pyrrole nitrogens is 1. The van der Waals surface area contributed by atoms with E-state index in [2.05, 4.69) is 32.5 Å². The van der Waals surface area contributed by atoms with E-state index in [0.717, 1.165) is 18.8 Å². The number of para-hydroxylation sites is 1. The zero-order chi connectivity index (χ0) is 21.8. The van der Waals surface area contributed by atoms with Crippen LogP contribution >= 0.6 is 0 Å². The number of carbonyl (C=O) groups is 2. The molecule has 0 radical (unpaired) electrons. The third-order valence-corrected chi connectivity index (χ3v) is 5.56. The summed E-state index contributed by atoms with van der Waals surface area (Å²) in [5, 5.41) is 10.3. The van der Waals surface area contributed by atoms with E-state index < -0.39 is 6.04 Å². The van der Waals surface area contributed by atoms with Crippen molar-refractivity contribution in [3.8, 4) is 0 Å². The lowest BCUT2D eigenvalue weighted by Gasteiger charge is -2.37. The topological polar surface area (TPSA) is 98.4 Å². The molecule has 8 heteroatoms. The smallest absolute Gasteiger partial charge is 0.272 e. The monoisotopic (exact) mass is 419 g/mol. The van der Waals surface area contributed by atoms with Gasteiger partial charge < -0.3 is 15.1 Å². The Balaban J connectivity index is 1.34. The molecule has 8 nitrogen and oxygen atoms in total. The van der Waals surface area contributed by atoms with Crippen LogP contribution in [0.2, 0.25) is 0 Å². The lowest BCUT2D eigenvalue weighted by atomic mass is 10.1. The van der Waals surface area contributed by atoms with E-state index in [4.69, 9.17) is 0 Å². The van der Waals surface area contributed by atoms with Crippen LogP contribution in [0.3, 0.4) is 0 Å². The molecule has 1 unspecified atom stereocenters. The number of hydrogen-bond acceptors (Lipinski definition) is 5. The second-order valence-corrected chi connectivity index (χ2v) is 7.66.